The van der Waals surface area contributed by atoms with Gasteiger partial charge in [-0.2, -0.15) is 0 Å². The zero-order chi connectivity index (χ0) is 31.6. The van der Waals surface area contributed by atoms with E-state index in [1.807, 2.05) is 29.2 Å². The summed E-state index contributed by atoms with van der Waals surface area (Å²) in [6.07, 6.45) is 4.97. The summed E-state index contributed by atoms with van der Waals surface area (Å²) in [5.41, 5.74) is 6.33. The molecule has 2 aliphatic heterocycles. The van der Waals surface area contributed by atoms with Gasteiger partial charge in [0, 0.05) is 37.0 Å². The van der Waals surface area contributed by atoms with E-state index in [-0.39, 0.29) is 24.8 Å². The Hall–Kier alpha value is -3.53. The Kier molecular flexibility index (Phi) is 9.30. The monoisotopic (exact) mass is 640 g/mol. The van der Waals surface area contributed by atoms with Crippen LogP contribution >= 0.6 is 23.2 Å². The first-order valence-corrected chi connectivity index (χ1v) is 15.4. The summed E-state index contributed by atoms with van der Waals surface area (Å²) in [6, 6.07) is 12.5. The number of benzene rings is 2. The third kappa shape index (κ3) is 5.04. The fraction of sp³-hybridized carbons (Fsp3) is 0.424. The molecule has 4 atom stereocenters. The van der Waals surface area contributed by atoms with Crippen LogP contribution in [0.2, 0.25) is 10.0 Å². The minimum absolute atomic E-state index is 0.0150. The average molecular weight is 642 g/mol. The van der Waals surface area contributed by atoms with Crippen LogP contribution in [-0.2, 0) is 10.2 Å². The minimum Gasteiger partial charge on any atom is -0.493 e. The van der Waals surface area contributed by atoms with Crippen LogP contribution in [0.5, 0.6) is 17.2 Å². The molecule has 3 aromatic rings. The number of hydrogen-bond donors (Lipinski definition) is 2. The van der Waals surface area contributed by atoms with E-state index < -0.39 is 22.8 Å². The third-order valence-electron chi connectivity index (χ3n) is 9.63. The molecule has 0 spiro atoms. The van der Waals surface area contributed by atoms with Gasteiger partial charge in [0.1, 0.15) is 0 Å². The zero-order valence-electron chi connectivity index (χ0n) is 25.4. The summed E-state index contributed by atoms with van der Waals surface area (Å²) >= 11 is 13.1. The van der Waals surface area contributed by atoms with Gasteiger partial charge >= 0.3 is 0 Å². The number of amides is 2. The van der Waals surface area contributed by atoms with Gasteiger partial charge in [0.25, 0.3) is 5.91 Å². The van der Waals surface area contributed by atoms with E-state index in [1.54, 1.807) is 30.6 Å². The van der Waals surface area contributed by atoms with Crippen LogP contribution < -0.4 is 25.3 Å². The van der Waals surface area contributed by atoms with Crippen LogP contribution in [0.15, 0.2) is 54.9 Å². The van der Waals surface area contributed by atoms with E-state index in [0.29, 0.717) is 45.8 Å². The molecule has 2 fully saturated rings. The van der Waals surface area contributed by atoms with Crippen molar-refractivity contribution in [2.45, 2.75) is 43.1 Å². The lowest BCUT2D eigenvalue weighted by Gasteiger charge is -2.61. The molecule has 0 saturated carbocycles. The number of likely N-dealkylation sites (tertiary alicyclic amines) is 1. The Morgan fingerprint density at radius 1 is 1.02 bits per heavy atom. The lowest BCUT2D eigenvalue weighted by Crippen LogP contribution is -2.70. The standard InChI is InChI=1S/C33H38Cl2N4O5/c1-5-33(23-10-14-38-19-23)29(20-6-7-24(34)25(35)16-20)32(31(36)41,22-8-12-37-13-9-22)11-15-39(33)30(40)21-17-26(42-2)28(44-4)27(18-21)43-3/h6-9,12-13,16-18,23,29,38H,5,10-11,14-15,19H2,1-4H3,(H2,36,41). The Morgan fingerprint density at radius 3 is 2.23 bits per heavy atom. The second-order valence-electron chi connectivity index (χ2n) is 11.3. The molecule has 2 aromatic carbocycles. The first-order chi connectivity index (χ1) is 21.2. The number of ether oxygens (including phenoxy) is 3. The van der Waals surface area contributed by atoms with Crippen molar-refractivity contribution in [1.82, 2.24) is 15.2 Å². The predicted molar refractivity (Wildman–Crippen MR) is 170 cm³/mol. The van der Waals surface area contributed by atoms with Crippen molar-refractivity contribution < 1.29 is 23.8 Å². The molecule has 11 heteroatoms. The summed E-state index contributed by atoms with van der Waals surface area (Å²) in [7, 11) is 4.55. The van der Waals surface area contributed by atoms with E-state index in [2.05, 4.69) is 17.2 Å². The smallest absolute Gasteiger partial charge is 0.254 e. The summed E-state index contributed by atoms with van der Waals surface area (Å²) in [6.45, 7) is 3.80. The van der Waals surface area contributed by atoms with Crippen molar-refractivity contribution in [3.05, 3.63) is 81.6 Å². The molecule has 4 unspecified atom stereocenters. The summed E-state index contributed by atoms with van der Waals surface area (Å²) in [4.78, 5) is 35.0. The van der Waals surface area contributed by atoms with Crippen molar-refractivity contribution in [3.8, 4) is 17.2 Å². The predicted octanol–water partition coefficient (Wildman–Crippen LogP) is 5.23. The quantitative estimate of drug-likeness (QED) is 0.329. The molecule has 0 radical (unpaired) electrons. The Bertz CT molecular complexity index is 1510. The Balaban J connectivity index is 1.81. The van der Waals surface area contributed by atoms with Gasteiger partial charge in [-0.1, -0.05) is 36.2 Å². The number of carbonyl (C=O) groups is 2. The average Bonchev–Trinajstić information content (AvgIpc) is 3.60. The SMILES string of the molecule is CCC1(C2CCNC2)C(c2ccc(Cl)c(Cl)c2)C(C(N)=O)(c2ccncc2)CCN1C(=O)c1cc(OC)c(OC)c(OC)c1. The van der Waals surface area contributed by atoms with Crippen molar-refractivity contribution >= 4 is 35.0 Å². The highest BCUT2D eigenvalue weighted by Gasteiger charge is 2.64. The number of aromatic nitrogens is 1. The zero-order valence-corrected chi connectivity index (χ0v) is 26.9. The van der Waals surface area contributed by atoms with Crippen LogP contribution in [0.25, 0.3) is 0 Å². The number of piperidine rings is 1. The number of nitrogens with two attached hydrogens (primary N) is 1. The van der Waals surface area contributed by atoms with Crippen LogP contribution in [0.1, 0.15) is 53.6 Å². The summed E-state index contributed by atoms with van der Waals surface area (Å²) in [5, 5.41) is 4.26. The number of pyridine rings is 1. The van der Waals surface area contributed by atoms with Gasteiger partial charge in [0.2, 0.25) is 11.7 Å². The van der Waals surface area contributed by atoms with E-state index >= 15 is 0 Å². The van der Waals surface area contributed by atoms with Gasteiger partial charge in [0.05, 0.1) is 42.3 Å². The Morgan fingerprint density at radius 2 is 1.70 bits per heavy atom. The second kappa shape index (κ2) is 12.8. The molecule has 3 N–H and O–H groups in total. The molecule has 2 amide bonds. The molecular weight excluding hydrogens is 603 g/mol. The first kappa shape index (κ1) is 31.9. The van der Waals surface area contributed by atoms with E-state index in [4.69, 9.17) is 43.1 Å². The molecule has 0 aliphatic carbocycles. The third-order valence-corrected chi connectivity index (χ3v) is 10.4. The number of rotatable bonds is 9. The maximum Gasteiger partial charge on any atom is 0.254 e. The molecule has 2 saturated heterocycles. The molecule has 0 bridgehead atoms. The number of hydrogen-bond acceptors (Lipinski definition) is 7. The lowest BCUT2D eigenvalue weighted by atomic mass is 9.51. The molecule has 5 rings (SSSR count). The highest BCUT2D eigenvalue weighted by atomic mass is 35.5. The lowest BCUT2D eigenvalue weighted by molar-refractivity contribution is -0.131. The number of primary amides is 1. The van der Waals surface area contributed by atoms with Crippen LogP contribution in [0.4, 0.5) is 0 Å². The number of nitrogens with zero attached hydrogens (tertiary/aromatic N) is 2. The molecule has 1 aromatic heterocycles. The number of carbonyl (C=O) groups excluding carboxylic acids is 2. The van der Waals surface area contributed by atoms with Crippen LogP contribution in [0, 0.1) is 5.92 Å². The number of halogens is 2. The van der Waals surface area contributed by atoms with Gasteiger partial charge < -0.3 is 30.2 Å². The van der Waals surface area contributed by atoms with Crippen molar-refractivity contribution in [1.29, 1.82) is 0 Å². The van der Waals surface area contributed by atoms with Crippen LogP contribution in [0.3, 0.4) is 0 Å². The van der Waals surface area contributed by atoms with Gasteiger partial charge in [-0.25, -0.2) is 0 Å². The maximum absolute atomic E-state index is 14.9. The normalized spacial score (nSPS) is 25.0. The molecule has 234 valence electrons. The number of methoxy groups -OCH3 is 3. The molecule has 3 heterocycles. The second-order valence-corrected chi connectivity index (χ2v) is 12.1. The summed E-state index contributed by atoms with van der Waals surface area (Å²) < 4.78 is 16.7. The minimum atomic E-state index is -1.18. The van der Waals surface area contributed by atoms with E-state index in [0.717, 1.165) is 24.1 Å². The first-order valence-electron chi connectivity index (χ1n) is 14.7. The fourth-order valence-electron chi connectivity index (χ4n) is 7.73. The van der Waals surface area contributed by atoms with Crippen molar-refractivity contribution in [2.75, 3.05) is 41.0 Å². The number of nitrogens with one attached hydrogen (secondary N) is 1. The summed E-state index contributed by atoms with van der Waals surface area (Å²) in [5.74, 6) is -0.120. The van der Waals surface area contributed by atoms with Crippen LogP contribution in [-0.4, -0.2) is 68.2 Å². The molecule has 2 aliphatic rings. The largest absolute Gasteiger partial charge is 0.493 e. The highest BCUT2D eigenvalue weighted by Crippen LogP contribution is 2.59. The van der Waals surface area contributed by atoms with E-state index in [9.17, 15) is 9.59 Å². The topological polar surface area (TPSA) is 116 Å². The van der Waals surface area contributed by atoms with Gasteiger partial charge in [-0.15, -0.1) is 0 Å². The Labute approximate surface area is 268 Å². The van der Waals surface area contributed by atoms with Gasteiger partial charge in [-0.3, -0.25) is 14.6 Å². The van der Waals surface area contributed by atoms with E-state index in [1.165, 1.54) is 21.3 Å². The highest BCUT2D eigenvalue weighted by molar-refractivity contribution is 6.42. The molecule has 9 nitrogen and oxygen atoms in total. The fourth-order valence-corrected chi connectivity index (χ4v) is 8.03. The molecule has 44 heavy (non-hydrogen) atoms. The van der Waals surface area contributed by atoms with Gasteiger partial charge in [-0.05, 0) is 79.3 Å². The molecular formula is C33H38Cl2N4O5. The van der Waals surface area contributed by atoms with Gasteiger partial charge in [0.15, 0.2) is 11.5 Å². The van der Waals surface area contributed by atoms with Crippen molar-refractivity contribution in [3.63, 3.8) is 0 Å². The maximum atomic E-state index is 14.9. The van der Waals surface area contributed by atoms with Crippen molar-refractivity contribution in [2.24, 2.45) is 11.7 Å².